The second-order valence-corrected chi connectivity index (χ2v) is 11.5. The van der Waals surface area contributed by atoms with Crippen LogP contribution in [0.15, 0.2) is 65.1 Å². The number of benzene rings is 3. The van der Waals surface area contributed by atoms with Gasteiger partial charge in [-0.2, -0.15) is 0 Å². The minimum Gasteiger partial charge on any atom is -0.545 e. The molecule has 1 aliphatic carbocycles. The molecule has 0 spiro atoms. The zero-order valence-corrected chi connectivity index (χ0v) is 29.4. The molecule has 0 aromatic heterocycles. The van der Waals surface area contributed by atoms with Gasteiger partial charge in [-0.3, -0.25) is 9.59 Å². The summed E-state index contributed by atoms with van der Waals surface area (Å²) in [4.78, 5) is 34.6. The van der Waals surface area contributed by atoms with Crippen molar-refractivity contribution in [2.24, 2.45) is 0 Å². The molecule has 4 rings (SSSR count). The second kappa shape index (κ2) is 20.6. The van der Waals surface area contributed by atoms with Crippen LogP contribution in [0.2, 0.25) is 0 Å². The molecule has 1 heterocycles. The van der Waals surface area contributed by atoms with Crippen molar-refractivity contribution in [2.75, 3.05) is 92.5 Å². The molecule has 0 radical (unpaired) electrons. The number of anilines is 1. The molecular weight excluding hydrogens is 646 g/mol. The zero-order valence-electron chi connectivity index (χ0n) is 29.4. The smallest absolute Gasteiger partial charge is 0.305 e. The molecule has 50 heavy (non-hydrogen) atoms. The maximum absolute atomic E-state index is 11.8. The molecule has 2 aromatic carbocycles. The van der Waals surface area contributed by atoms with Crippen molar-refractivity contribution in [3.63, 3.8) is 0 Å². The Morgan fingerprint density at radius 3 is 2.02 bits per heavy atom. The summed E-state index contributed by atoms with van der Waals surface area (Å²) >= 11 is 0. The van der Waals surface area contributed by atoms with Gasteiger partial charge in [-0.25, -0.2) is 4.58 Å². The maximum Gasteiger partial charge on any atom is 0.305 e. The fourth-order valence-electron chi connectivity index (χ4n) is 4.81. The van der Waals surface area contributed by atoms with Gasteiger partial charge in [0.15, 0.2) is 0 Å². The number of nitrogens with zero attached hydrogens (tertiary/aromatic N) is 2. The molecule has 0 saturated heterocycles. The number of carbonyl (C=O) groups excluding carboxylic acids is 2. The molecule has 0 fully saturated rings. The highest BCUT2D eigenvalue weighted by Gasteiger charge is 2.20. The van der Waals surface area contributed by atoms with E-state index in [-0.39, 0.29) is 24.5 Å². The van der Waals surface area contributed by atoms with Gasteiger partial charge >= 0.3 is 5.97 Å². The Bertz CT molecular complexity index is 1720. The first-order valence-corrected chi connectivity index (χ1v) is 16.3. The summed E-state index contributed by atoms with van der Waals surface area (Å²) in [5.74, 6) is -1.44. The fourth-order valence-corrected chi connectivity index (χ4v) is 4.81. The van der Waals surface area contributed by atoms with Crippen molar-refractivity contribution < 1.29 is 48.0 Å². The molecule has 2 aliphatic rings. The number of hydrogen-bond donors (Lipinski definition) is 2. The Morgan fingerprint density at radius 1 is 0.820 bits per heavy atom. The Hall–Kier alpha value is -4.82. The summed E-state index contributed by atoms with van der Waals surface area (Å²) in [7, 11) is 7.88. The van der Waals surface area contributed by atoms with Crippen LogP contribution < -0.4 is 25.3 Å². The molecule has 13 nitrogen and oxygen atoms in total. The van der Waals surface area contributed by atoms with E-state index in [2.05, 4.69) is 5.32 Å². The van der Waals surface area contributed by atoms with Gasteiger partial charge in [0.25, 0.3) is 0 Å². The molecule has 0 unspecified atom stereocenters. The van der Waals surface area contributed by atoms with Crippen LogP contribution in [0.3, 0.4) is 0 Å². The lowest BCUT2D eigenvalue weighted by atomic mass is 9.90. The highest BCUT2D eigenvalue weighted by atomic mass is 16.6. The van der Waals surface area contributed by atoms with Crippen LogP contribution in [-0.2, 0) is 28.5 Å². The number of aromatic carboxylic acids is 1. The van der Waals surface area contributed by atoms with E-state index in [0.29, 0.717) is 69.7 Å². The van der Waals surface area contributed by atoms with E-state index < -0.39 is 11.9 Å². The summed E-state index contributed by atoms with van der Waals surface area (Å²) in [6, 6.07) is 18.9. The van der Waals surface area contributed by atoms with E-state index in [9.17, 15) is 19.5 Å². The van der Waals surface area contributed by atoms with Crippen molar-refractivity contribution in [2.45, 2.75) is 13.3 Å². The third-order valence-electron chi connectivity index (χ3n) is 7.33. The zero-order chi connectivity index (χ0) is 36.5. The highest BCUT2D eigenvalue weighted by molar-refractivity contribution is 6.07. The van der Waals surface area contributed by atoms with Crippen molar-refractivity contribution in [3.05, 3.63) is 71.6 Å². The first-order valence-electron chi connectivity index (χ1n) is 16.3. The SMILES string of the molecule is CC(=O)NCCOCCOCCOCCOCCC(=O)O.CN(C)c1ccc2c(-c3ccccc3C(=O)[O-])c3ccc(=[N+](C)C)cc-3oc2c1. The number of hydrogen-bond acceptors (Lipinski definition) is 10. The molecule has 13 heteroatoms. The molecule has 1 amide bonds. The second-order valence-electron chi connectivity index (χ2n) is 11.5. The molecule has 2 aromatic rings. The van der Waals surface area contributed by atoms with Gasteiger partial charge in [-0.1, -0.05) is 24.3 Å². The van der Waals surface area contributed by atoms with Crippen LogP contribution in [0, 0.1) is 0 Å². The minimum absolute atomic E-state index is 0.00501. The number of aliphatic carboxylic acids is 1. The van der Waals surface area contributed by atoms with Crippen molar-refractivity contribution in [1.82, 2.24) is 9.89 Å². The van der Waals surface area contributed by atoms with Gasteiger partial charge in [-0.05, 0) is 23.8 Å². The monoisotopic (exact) mass is 693 g/mol. The summed E-state index contributed by atoms with van der Waals surface area (Å²) in [6.45, 7) is 5.27. The Morgan fingerprint density at radius 2 is 1.44 bits per heavy atom. The summed E-state index contributed by atoms with van der Waals surface area (Å²) < 4.78 is 29.0. The number of carboxylic acid groups (broad SMARTS) is 2. The van der Waals surface area contributed by atoms with Crippen molar-refractivity contribution in [3.8, 4) is 22.5 Å². The Balaban J connectivity index is 0.000000288. The van der Waals surface area contributed by atoms with Crippen molar-refractivity contribution >= 4 is 34.5 Å². The summed E-state index contributed by atoms with van der Waals surface area (Å²) in [5.41, 5.74) is 4.17. The Kier molecular flexibility index (Phi) is 16.4. The van der Waals surface area contributed by atoms with Gasteiger partial charge in [0.2, 0.25) is 11.3 Å². The highest BCUT2D eigenvalue weighted by Crippen LogP contribution is 2.41. The number of ether oxygens (including phenoxy) is 4. The molecule has 1 aliphatic heterocycles. The lowest BCUT2D eigenvalue weighted by molar-refractivity contribution is -0.255. The standard InChI is InChI=1S/C24H22N2O3.C13H25NO7/c1-25(2)15-9-11-19-21(13-15)29-22-14-16(26(3)4)10-12-20(22)23(19)17-7-5-6-8-18(17)24(27)28;1-12(15)14-3-5-19-7-9-21-11-10-20-8-6-18-4-2-13(16)17/h5-14H,1-4H3;2-11H2,1H3,(H,14,15)(H,16,17). The Labute approximate surface area is 292 Å². The number of rotatable bonds is 18. The largest absolute Gasteiger partial charge is 0.545 e. The molecule has 0 bridgehead atoms. The average Bonchev–Trinajstić information content (AvgIpc) is 3.08. The van der Waals surface area contributed by atoms with Gasteiger partial charge in [0.1, 0.15) is 25.4 Å². The average molecular weight is 694 g/mol. The fraction of sp³-hybridized carbons (Fsp3) is 0.405. The molecule has 270 valence electrons. The molecule has 0 atom stereocenters. The summed E-state index contributed by atoms with van der Waals surface area (Å²) in [6.07, 6.45) is 0.00501. The van der Waals surface area contributed by atoms with E-state index in [1.165, 1.54) is 6.92 Å². The first-order chi connectivity index (χ1) is 24.0. The van der Waals surface area contributed by atoms with Crippen LogP contribution in [0.25, 0.3) is 33.4 Å². The van der Waals surface area contributed by atoms with Crippen LogP contribution in [0.4, 0.5) is 5.69 Å². The number of nitrogens with one attached hydrogen (secondary N) is 1. The van der Waals surface area contributed by atoms with Gasteiger partial charge in [0.05, 0.1) is 71.3 Å². The third-order valence-corrected chi connectivity index (χ3v) is 7.33. The maximum atomic E-state index is 11.8. The van der Waals surface area contributed by atoms with Crippen LogP contribution in [0.1, 0.15) is 23.7 Å². The van der Waals surface area contributed by atoms with E-state index >= 15 is 0 Å². The van der Waals surface area contributed by atoms with Gasteiger partial charge in [0, 0.05) is 67.5 Å². The summed E-state index contributed by atoms with van der Waals surface area (Å²) in [5, 5.41) is 24.7. The first kappa shape index (κ1) is 39.6. The lowest BCUT2D eigenvalue weighted by Crippen LogP contribution is -2.25. The normalized spacial score (nSPS) is 10.8. The number of amides is 1. The van der Waals surface area contributed by atoms with Crippen molar-refractivity contribution in [1.29, 1.82) is 0 Å². The minimum atomic E-state index is -1.20. The van der Waals surface area contributed by atoms with E-state index in [1.807, 2.05) is 86.2 Å². The van der Waals surface area contributed by atoms with Crippen LogP contribution in [-0.4, -0.2) is 111 Å². The van der Waals surface area contributed by atoms with E-state index in [4.69, 9.17) is 28.5 Å². The van der Waals surface area contributed by atoms with Crippen LogP contribution in [0.5, 0.6) is 0 Å². The molecule has 0 saturated carbocycles. The van der Waals surface area contributed by atoms with Gasteiger partial charge in [-0.15, -0.1) is 0 Å². The topological polar surface area (TPSA) is 163 Å². The number of carbonyl (C=O) groups is 3. The predicted octanol–water partition coefficient (Wildman–Crippen LogP) is 2.33. The van der Waals surface area contributed by atoms with Crippen LogP contribution >= 0.6 is 0 Å². The molecular formula is C37H47N3O10. The number of fused-ring (bicyclic) bond motifs is 2. The van der Waals surface area contributed by atoms with E-state index in [0.717, 1.165) is 27.6 Å². The predicted molar refractivity (Wildman–Crippen MR) is 188 cm³/mol. The lowest BCUT2D eigenvalue weighted by Gasteiger charge is -2.19. The number of carboxylic acids is 2. The molecule has 2 N–H and O–H groups in total. The quantitative estimate of drug-likeness (QED) is 0.0894. The van der Waals surface area contributed by atoms with E-state index in [1.54, 1.807) is 12.1 Å². The van der Waals surface area contributed by atoms with Gasteiger partial charge < -0.3 is 48.6 Å². The third kappa shape index (κ3) is 12.6.